The molecule has 2 nitrogen and oxygen atoms in total. The van der Waals surface area contributed by atoms with Crippen molar-refractivity contribution in [3.63, 3.8) is 0 Å². The lowest BCUT2D eigenvalue weighted by Crippen LogP contribution is -1.98. The van der Waals surface area contributed by atoms with Gasteiger partial charge in [0.1, 0.15) is 11.5 Å². The van der Waals surface area contributed by atoms with Crippen LogP contribution in [0.25, 0.3) is 11.1 Å². The summed E-state index contributed by atoms with van der Waals surface area (Å²) in [6, 6.07) is 15.3. The van der Waals surface area contributed by atoms with E-state index in [4.69, 9.17) is 4.74 Å². The Morgan fingerprint density at radius 2 is 1.72 bits per heavy atom. The summed E-state index contributed by atoms with van der Waals surface area (Å²) in [6.07, 6.45) is 2.60. The molecule has 3 rings (SSSR count). The number of hydrogen-bond donors (Lipinski definition) is 1. The molecule has 92 valence electrons. The minimum Gasteiger partial charge on any atom is -0.508 e. The molecule has 1 fully saturated rings. The van der Waals surface area contributed by atoms with E-state index >= 15 is 0 Å². The van der Waals surface area contributed by atoms with Crippen LogP contribution in [0.2, 0.25) is 0 Å². The first kappa shape index (κ1) is 11.1. The Labute approximate surface area is 107 Å². The van der Waals surface area contributed by atoms with E-state index in [0.29, 0.717) is 0 Å². The maximum Gasteiger partial charge on any atom is 0.119 e. The highest BCUT2D eigenvalue weighted by Gasteiger charge is 2.21. The second-order valence-corrected chi connectivity index (χ2v) is 4.83. The van der Waals surface area contributed by atoms with Gasteiger partial charge in [0.25, 0.3) is 0 Å². The van der Waals surface area contributed by atoms with Crippen LogP contribution < -0.4 is 4.74 Å². The Balaban J connectivity index is 1.80. The maximum absolute atomic E-state index is 9.50. The third-order valence-corrected chi connectivity index (χ3v) is 3.20. The van der Waals surface area contributed by atoms with Gasteiger partial charge in [0.05, 0.1) is 6.61 Å². The van der Waals surface area contributed by atoms with Crippen LogP contribution in [-0.2, 0) is 0 Å². The second-order valence-electron chi connectivity index (χ2n) is 4.83. The van der Waals surface area contributed by atoms with E-state index in [9.17, 15) is 5.11 Å². The fourth-order valence-electron chi connectivity index (χ4n) is 1.95. The van der Waals surface area contributed by atoms with Crippen LogP contribution in [-0.4, -0.2) is 11.7 Å². The first-order valence-corrected chi connectivity index (χ1v) is 6.33. The molecule has 0 aliphatic heterocycles. The zero-order valence-electron chi connectivity index (χ0n) is 10.2. The Kier molecular flexibility index (Phi) is 2.93. The van der Waals surface area contributed by atoms with Crippen LogP contribution >= 0.6 is 0 Å². The molecular formula is C16H16O2. The van der Waals surface area contributed by atoms with Gasteiger partial charge in [0, 0.05) is 0 Å². The largest absolute Gasteiger partial charge is 0.508 e. The van der Waals surface area contributed by atoms with Gasteiger partial charge in [-0.2, -0.15) is 0 Å². The minimum absolute atomic E-state index is 0.289. The minimum atomic E-state index is 0.289. The first-order chi connectivity index (χ1) is 8.81. The molecule has 2 heteroatoms. The molecule has 0 radical (unpaired) electrons. The Bertz CT molecular complexity index is 544. The zero-order chi connectivity index (χ0) is 12.4. The van der Waals surface area contributed by atoms with Crippen molar-refractivity contribution < 1.29 is 9.84 Å². The first-order valence-electron chi connectivity index (χ1n) is 6.33. The van der Waals surface area contributed by atoms with E-state index in [1.54, 1.807) is 12.1 Å². The molecule has 0 bridgehead atoms. The zero-order valence-corrected chi connectivity index (χ0v) is 10.2. The Morgan fingerprint density at radius 3 is 2.44 bits per heavy atom. The summed E-state index contributed by atoms with van der Waals surface area (Å²) in [6.45, 7) is 0.823. The fourth-order valence-corrected chi connectivity index (χ4v) is 1.95. The van der Waals surface area contributed by atoms with Crippen molar-refractivity contribution in [1.82, 2.24) is 0 Å². The molecule has 2 aromatic carbocycles. The summed E-state index contributed by atoms with van der Waals surface area (Å²) < 4.78 is 5.76. The summed E-state index contributed by atoms with van der Waals surface area (Å²) in [5.41, 5.74) is 2.08. The summed E-state index contributed by atoms with van der Waals surface area (Å²) in [5, 5.41) is 9.50. The van der Waals surface area contributed by atoms with Crippen molar-refractivity contribution in [1.29, 1.82) is 0 Å². The van der Waals surface area contributed by atoms with Crippen molar-refractivity contribution in [2.24, 2.45) is 5.92 Å². The van der Waals surface area contributed by atoms with Crippen molar-refractivity contribution in [2.75, 3.05) is 6.61 Å². The highest BCUT2D eigenvalue weighted by atomic mass is 16.5. The van der Waals surface area contributed by atoms with Crippen LogP contribution in [0.3, 0.4) is 0 Å². The predicted octanol–water partition coefficient (Wildman–Crippen LogP) is 3.85. The summed E-state index contributed by atoms with van der Waals surface area (Å²) >= 11 is 0. The third-order valence-electron chi connectivity index (χ3n) is 3.20. The van der Waals surface area contributed by atoms with Gasteiger partial charge in [-0.25, -0.2) is 0 Å². The molecule has 0 unspecified atom stereocenters. The highest BCUT2D eigenvalue weighted by molar-refractivity contribution is 5.66. The SMILES string of the molecule is Oc1cccc(-c2cccc(OCC3CC3)c2)c1. The van der Waals surface area contributed by atoms with Gasteiger partial charge in [-0.3, -0.25) is 0 Å². The molecule has 0 heterocycles. The van der Waals surface area contributed by atoms with Gasteiger partial charge >= 0.3 is 0 Å². The summed E-state index contributed by atoms with van der Waals surface area (Å²) in [4.78, 5) is 0. The van der Waals surface area contributed by atoms with Gasteiger partial charge in [0.15, 0.2) is 0 Å². The quantitative estimate of drug-likeness (QED) is 0.879. The fraction of sp³-hybridized carbons (Fsp3) is 0.250. The van der Waals surface area contributed by atoms with Crippen LogP contribution in [0.15, 0.2) is 48.5 Å². The number of aromatic hydroxyl groups is 1. The molecular weight excluding hydrogens is 224 g/mol. The Hall–Kier alpha value is -1.96. The van der Waals surface area contributed by atoms with Crippen LogP contribution in [0.4, 0.5) is 0 Å². The Morgan fingerprint density at radius 1 is 1.00 bits per heavy atom. The average molecular weight is 240 g/mol. The van der Waals surface area contributed by atoms with Crippen LogP contribution in [0.1, 0.15) is 12.8 Å². The monoisotopic (exact) mass is 240 g/mol. The number of phenols is 1. The number of benzene rings is 2. The van der Waals surface area contributed by atoms with E-state index < -0.39 is 0 Å². The lowest BCUT2D eigenvalue weighted by Gasteiger charge is -2.08. The molecule has 18 heavy (non-hydrogen) atoms. The van der Waals surface area contributed by atoms with E-state index in [0.717, 1.165) is 29.4 Å². The second kappa shape index (κ2) is 4.73. The van der Waals surface area contributed by atoms with Gasteiger partial charge in [-0.15, -0.1) is 0 Å². The number of ether oxygens (including phenoxy) is 1. The average Bonchev–Trinajstić information content (AvgIpc) is 3.21. The van der Waals surface area contributed by atoms with Gasteiger partial charge < -0.3 is 9.84 Å². The molecule has 0 amide bonds. The van der Waals surface area contributed by atoms with Gasteiger partial charge in [-0.05, 0) is 54.2 Å². The molecule has 0 saturated heterocycles. The molecule has 0 atom stereocenters. The van der Waals surface area contributed by atoms with E-state index in [2.05, 4.69) is 0 Å². The van der Waals surface area contributed by atoms with Crippen molar-refractivity contribution >= 4 is 0 Å². The third kappa shape index (κ3) is 2.65. The van der Waals surface area contributed by atoms with Gasteiger partial charge in [0.2, 0.25) is 0 Å². The van der Waals surface area contributed by atoms with E-state index in [1.165, 1.54) is 12.8 Å². The molecule has 2 aromatic rings. The van der Waals surface area contributed by atoms with E-state index in [-0.39, 0.29) is 5.75 Å². The molecule has 1 aliphatic carbocycles. The molecule has 1 N–H and O–H groups in total. The molecule has 1 saturated carbocycles. The molecule has 1 aliphatic rings. The van der Waals surface area contributed by atoms with Crippen molar-refractivity contribution in [3.8, 4) is 22.6 Å². The topological polar surface area (TPSA) is 29.5 Å². The van der Waals surface area contributed by atoms with Crippen molar-refractivity contribution in [2.45, 2.75) is 12.8 Å². The smallest absolute Gasteiger partial charge is 0.119 e. The standard InChI is InChI=1S/C16H16O2/c17-15-5-1-3-13(9-15)14-4-2-6-16(10-14)18-11-12-7-8-12/h1-6,9-10,12,17H,7-8,11H2. The molecule has 0 aromatic heterocycles. The van der Waals surface area contributed by atoms with E-state index in [1.807, 2.05) is 36.4 Å². The van der Waals surface area contributed by atoms with Crippen LogP contribution in [0.5, 0.6) is 11.5 Å². The lowest BCUT2D eigenvalue weighted by atomic mass is 10.1. The van der Waals surface area contributed by atoms with Crippen molar-refractivity contribution in [3.05, 3.63) is 48.5 Å². The summed E-state index contributed by atoms with van der Waals surface area (Å²) in [7, 11) is 0. The maximum atomic E-state index is 9.50. The number of hydrogen-bond acceptors (Lipinski definition) is 2. The molecule has 0 spiro atoms. The summed E-state index contributed by atoms with van der Waals surface area (Å²) in [5.74, 6) is 1.95. The lowest BCUT2D eigenvalue weighted by molar-refractivity contribution is 0.300. The van der Waals surface area contributed by atoms with Crippen LogP contribution in [0, 0.1) is 5.92 Å². The van der Waals surface area contributed by atoms with Gasteiger partial charge in [-0.1, -0.05) is 24.3 Å². The number of rotatable bonds is 4. The highest BCUT2D eigenvalue weighted by Crippen LogP contribution is 2.31. The number of phenolic OH excluding ortho intramolecular Hbond substituents is 1. The predicted molar refractivity (Wildman–Crippen MR) is 71.8 cm³/mol. The normalized spacial score (nSPS) is 14.4.